The summed E-state index contributed by atoms with van der Waals surface area (Å²) in [7, 11) is 2.02. The van der Waals surface area contributed by atoms with Crippen LogP contribution in [0.5, 0.6) is 0 Å². The maximum absolute atomic E-state index is 8.64. The maximum atomic E-state index is 8.64. The molecule has 0 aliphatic carbocycles. The molecule has 0 spiro atoms. The quantitative estimate of drug-likeness (QED) is 0.609. The van der Waals surface area contributed by atoms with E-state index in [0.717, 1.165) is 25.9 Å². The number of aliphatic hydroxyl groups is 1. The van der Waals surface area contributed by atoms with E-state index in [9.17, 15) is 0 Å². The fourth-order valence-electron chi connectivity index (χ4n) is 1.01. The molecule has 0 fully saturated rings. The van der Waals surface area contributed by atoms with Gasteiger partial charge in [-0.2, -0.15) is 0 Å². The number of rotatable bonds is 7. The minimum atomic E-state index is 0.249. The standard InChI is InChI=1S/C11H21NO/c1-3-4-5-6-7-8-9-12(2)10-11-13/h3-4,6-7,13H,5,8-11H2,1-2H3. The van der Waals surface area contributed by atoms with Crippen molar-refractivity contribution in [3.05, 3.63) is 24.3 Å². The average molecular weight is 183 g/mol. The Kier molecular flexibility index (Phi) is 9.05. The first-order valence-corrected chi connectivity index (χ1v) is 4.86. The van der Waals surface area contributed by atoms with Crippen molar-refractivity contribution in [1.82, 2.24) is 4.90 Å². The summed E-state index contributed by atoms with van der Waals surface area (Å²) in [5.74, 6) is 0. The van der Waals surface area contributed by atoms with Crippen LogP contribution in [0.25, 0.3) is 0 Å². The van der Waals surface area contributed by atoms with Crippen LogP contribution in [0.2, 0.25) is 0 Å². The van der Waals surface area contributed by atoms with Crippen LogP contribution in [-0.4, -0.2) is 36.8 Å². The Balaban J connectivity index is 3.27. The molecule has 0 aliphatic heterocycles. The average Bonchev–Trinajstić information content (AvgIpc) is 2.11. The van der Waals surface area contributed by atoms with Crippen LogP contribution < -0.4 is 0 Å². The van der Waals surface area contributed by atoms with E-state index in [1.165, 1.54) is 0 Å². The first kappa shape index (κ1) is 12.4. The van der Waals surface area contributed by atoms with Crippen LogP contribution in [0, 0.1) is 0 Å². The van der Waals surface area contributed by atoms with Crippen molar-refractivity contribution < 1.29 is 5.11 Å². The summed E-state index contributed by atoms with van der Waals surface area (Å²) in [5.41, 5.74) is 0. The smallest absolute Gasteiger partial charge is 0.0558 e. The molecule has 0 unspecified atom stereocenters. The third kappa shape index (κ3) is 9.31. The van der Waals surface area contributed by atoms with Crippen LogP contribution in [0.15, 0.2) is 24.3 Å². The van der Waals surface area contributed by atoms with Crippen LogP contribution in [0.4, 0.5) is 0 Å². The third-order valence-corrected chi connectivity index (χ3v) is 1.83. The summed E-state index contributed by atoms with van der Waals surface area (Å²) in [6.07, 6.45) is 10.6. The van der Waals surface area contributed by atoms with Crippen LogP contribution in [0.3, 0.4) is 0 Å². The molecule has 0 rings (SSSR count). The molecule has 0 amide bonds. The molecule has 0 atom stereocenters. The van der Waals surface area contributed by atoms with Gasteiger partial charge in [-0.1, -0.05) is 24.3 Å². The molecule has 0 radical (unpaired) electrons. The number of nitrogens with zero attached hydrogens (tertiary/aromatic N) is 1. The highest BCUT2D eigenvalue weighted by atomic mass is 16.3. The number of likely N-dealkylation sites (N-methyl/N-ethyl adjacent to an activating group) is 1. The molecule has 0 aromatic heterocycles. The van der Waals surface area contributed by atoms with Crippen molar-refractivity contribution in [2.75, 3.05) is 26.7 Å². The normalized spacial score (nSPS) is 12.3. The Morgan fingerprint density at radius 1 is 1.15 bits per heavy atom. The monoisotopic (exact) mass is 183 g/mol. The Bertz CT molecular complexity index is 152. The second-order valence-electron chi connectivity index (χ2n) is 3.09. The maximum Gasteiger partial charge on any atom is 0.0558 e. The topological polar surface area (TPSA) is 23.5 Å². The fraction of sp³-hybridized carbons (Fsp3) is 0.636. The zero-order valence-corrected chi connectivity index (χ0v) is 8.74. The molecule has 0 aliphatic rings. The molecular weight excluding hydrogens is 162 g/mol. The molecule has 0 aromatic rings. The van der Waals surface area contributed by atoms with Gasteiger partial charge < -0.3 is 10.0 Å². The van der Waals surface area contributed by atoms with Crippen molar-refractivity contribution in [2.45, 2.75) is 19.8 Å². The van der Waals surface area contributed by atoms with E-state index in [1.807, 2.05) is 14.0 Å². The fourth-order valence-corrected chi connectivity index (χ4v) is 1.01. The zero-order chi connectivity index (χ0) is 9.94. The molecule has 0 heterocycles. The first-order valence-electron chi connectivity index (χ1n) is 4.86. The lowest BCUT2D eigenvalue weighted by Gasteiger charge is -2.12. The second-order valence-corrected chi connectivity index (χ2v) is 3.09. The van der Waals surface area contributed by atoms with E-state index in [4.69, 9.17) is 5.11 Å². The van der Waals surface area contributed by atoms with Gasteiger partial charge in [0.1, 0.15) is 0 Å². The van der Waals surface area contributed by atoms with Crippen molar-refractivity contribution in [3.63, 3.8) is 0 Å². The first-order chi connectivity index (χ1) is 6.31. The number of aliphatic hydroxyl groups excluding tert-OH is 1. The van der Waals surface area contributed by atoms with Gasteiger partial charge in [-0.15, -0.1) is 0 Å². The highest BCUT2D eigenvalue weighted by molar-refractivity contribution is 4.91. The highest BCUT2D eigenvalue weighted by Gasteiger charge is 1.92. The van der Waals surface area contributed by atoms with Crippen molar-refractivity contribution in [1.29, 1.82) is 0 Å². The molecule has 1 N–H and O–H groups in total. The summed E-state index contributed by atoms with van der Waals surface area (Å²) in [6, 6.07) is 0. The zero-order valence-electron chi connectivity index (χ0n) is 8.74. The molecule has 0 saturated carbocycles. The molecule has 13 heavy (non-hydrogen) atoms. The summed E-state index contributed by atoms with van der Waals surface area (Å²) in [5, 5.41) is 8.64. The van der Waals surface area contributed by atoms with Gasteiger partial charge >= 0.3 is 0 Å². The largest absolute Gasteiger partial charge is 0.395 e. The van der Waals surface area contributed by atoms with E-state index in [2.05, 4.69) is 29.2 Å². The molecule has 2 heteroatoms. The Hall–Kier alpha value is -0.600. The lowest BCUT2D eigenvalue weighted by Crippen LogP contribution is -2.22. The van der Waals surface area contributed by atoms with Crippen LogP contribution in [-0.2, 0) is 0 Å². The predicted molar refractivity (Wildman–Crippen MR) is 57.8 cm³/mol. The van der Waals surface area contributed by atoms with E-state index < -0.39 is 0 Å². The number of hydrogen-bond acceptors (Lipinski definition) is 2. The molecule has 2 nitrogen and oxygen atoms in total. The number of allylic oxidation sites excluding steroid dienone is 3. The molecule has 0 aromatic carbocycles. The molecule has 0 bridgehead atoms. The van der Waals surface area contributed by atoms with E-state index in [0.29, 0.717) is 0 Å². The molecular formula is C11H21NO. The van der Waals surface area contributed by atoms with Gasteiger partial charge in [0, 0.05) is 13.1 Å². The van der Waals surface area contributed by atoms with Gasteiger partial charge in [0.25, 0.3) is 0 Å². The van der Waals surface area contributed by atoms with Gasteiger partial charge in [-0.3, -0.25) is 0 Å². The Morgan fingerprint density at radius 2 is 1.92 bits per heavy atom. The van der Waals surface area contributed by atoms with Crippen molar-refractivity contribution in [2.24, 2.45) is 0 Å². The summed E-state index contributed by atoms with van der Waals surface area (Å²) in [4.78, 5) is 2.12. The SMILES string of the molecule is CC=CCC=CCCN(C)CCO. The van der Waals surface area contributed by atoms with Gasteiger partial charge in [-0.25, -0.2) is 0 Å². The van der Waals surface area contributed by atoms with Gasteiger partial charge in [0.2, 0.25) is 0 Å². The molecule has 0 saturated heterocycles. The Labute approximate surface area is 81.6 Å². The number of hydrogen-bond donors (Lipinski definition) is 1. The Morgan fingerprint density at radius 3 is 2.54 bits per heavy atom. The van der Waals surface area contributed by atoms with Crippen molar-refractivity contribution in [3.8, 4) is 0 Å². The van der Waals surface area contributed by atoms with Crippen LogP contribution >= 0.6 is 0 Å². The minimum Gasteiger partial charge on any atom is -0.395 e. The van der Waals surface area contributed by atoms with Gasteiger partial charge in [-0.05, 0) is 26.8 Å². The summed E-state index contributed by atoms with van der Waals surface area (Å²) < 4.78 is 0. The molecule has 76 valence electrons. The summed E-state index contributed by atoms with van der Waals surface area (Å²) in [6.45, 7) is 4.07. The van der Waals surface area contributed by atoms with Gasteiger partial charge in [0.05, 0.1) is 6.61 Å². The van der Waals surface area contributed by atoms with E-state index in [1.54, 1.807) is 0 Å². The summed E-state index contributed by atoms with van der Waals surface area (Å²) >= 11 is 0. The third-order valence-electron chi connectivity index (χ3n) is 1.83. The highest BCUT2D eigenvalue weighted by Crippen LogP contribution is 1.91. The lowest BCUT2D eigenvalue weighted by molar-refractivity contribution is 0.223. The lowest BCUT2D eigenvalue weighted by atomic mass is 10.3. The van der Waals surface area contributed by atoms with E-state index >= 15 is 0 Å². The predicted octanol–water partition coefficient (Wildman–Crippen LogP) is 1.82. The van der Waals surface area contributed by atoms with Gasteiger partial charge in [0.15, 0.2) is 0 Å². The second kappa shape index (κ2) is 9.49. The van der Waals surface area contributed by atoms with E-state index in [-0.39, 0.29) is 6.61 Å². The minimum absolute atomic E-state index is 0.249. The van der Waals surface area contributed by atoms with Crippen molar-refractivity contribution >= 4 is 0 Å². The van der Waals surface area contributed by atoms with Crippen LogP contribution in [0.1, 0.15) is 19.8 Å².